The van der Waals surface area contributed by atoms with Crippen molar-refractivity contribution >= 4 is 16.7 Å². The first-order chi connectivity index (χ1) is 12.3. The molecule has 128 valence electrons. The number of amides is 1. The van der Waals surface area contributed by atoms with E-state index in [0.29, 0.717) is 18.8 Å². The molecule has 1 saturated heterocycles. The Labute approximate surface area is 146 Å². The lowest BCUT2D eigenvalue weighted by Gasteiger charge is -2.24. The summed E-state index contributed by atoms with van der Waals surface area (Å²) in [4.78, 5) is 19.4. The van der Waals surface area contributed by atoms with Crippen molar-refractivity contribution in [3.05, 3.63) is 66.4 Å². The lowest BCUT2D eigenvalue weighted by Crippen LogP contribution is -2.37. The third-order valence-electron chi connectivity index (χ3n) is 4.54. The fourth-order valence-corrected chi connectivity index (χ4v) is 3.28. The van der Waals surface area contributed by atoms with Crippen LogP contribution in [-0.4, -0.2) is 35.0 Å². The minimum atomic E-state index is -0.0938. The van der Waals surface area contributed by atoms with Crippen LogP contribution in [-0.2, 0) is 11.3 Å². The molecule has 1 atom stereocenters. The summed E-state index contributed by atoms with van der Waals surface area (Å²) in [6.07, 6.45) is 5.41. The normalized spacial score (nSPS) is 17.0. The molecule has 5 nitrogen and oxygen atoms in total. The van der Waals surface area contributed by atoms with Crippen LogP contribution in [0.5, 0.6) is 0 Å². The van der Waals surface area contributed by atoms with Crippen molar-refractivity contribution in [2.45, 2.75) is 25.5 Å². The van der Waals surface area contributed by atoms with E-state index in [2.05, 4.69) is 4.98 Å². The maximum absolute atomic E-state index is 13.2. The van der Waals surface area contributed by atoms with Crippen LogP contribution in [0.3, 0.4) is 0 Å². The van der Waals surface area contributed by atoms with Gasteiger partial charge in [-0.3, -0.25) is 9.78 Å². The van der Waals surface area contributed by atoms with Gasteiger partial charge in [0.1, 0.15) is 11.5 Å². The van der Waals surface area contributed by atoms with Crippen LogP contribution in [0, 0.1) is 0 Å². The Morgan fingerprint density at radius 2 is 2.12 bits per heavy atom. The molecular weight excluding hydrogens is 316 g/mol. The molecule has 5 heteroatoms. The molecule has 0 saturated carbocycles. The van der Waals surface area contributed by atoms with Gasteiger partial charge in [-0.2, -0.15) is 0 Å². The van der Waals surface area contributed by atoms with Crippen LogP contribution < -0.4 is 0 Å². The molecule has 1 aliphatic rings. The van der Waals surface area contributed by atoms with E-state index in [1.54, 1.807) is 17.4 Å². The zero-order valence-corrected chi connectivity index (χ0v) is 13.9. The molecule has 2 aromatic heterocycles. The molecule has 3 aromatic rings. The Morgan fingerprint density at radius 1 is 1.20 bits per heavy atom. The summed E-state index contributed by atoms with van der Waals surface area (Å²) >= 11 is 0. The predicted molar refractivity (Wildman–Crippen MR) is 94.2 cm³/mol. The first kappa shape index (κ1) is 15.8. The van der Waals surface area contributed by atoms with Gasteiger partial charge in [-0.05, 0) is 36.4 Å². The van der Waals surface area contributed by atoms with Gasteiger partial charge in [0.2, 0.25) is 0 Å². The first-order valence-electron chi connectivity index (χ1n) is 8.58. The number of rotatable bonds is 5. The van der Waals surface area contributed by atoms with Gasteiger partial charge >= 0.3 is 0 Å². The van der Waals surface area contributed by atoms with Gasteiger partial charge in [-0.25, -0.2) is 0 Å². The zero-order chi connectivity index (χ0) is 17.1. The molecule has 0 radical (unpaired) electrons. The summed E-state index contributed by atoms with van der Waals surface area (Å²) in [5, 5.41) is 1.88. The Bertz CT molecular complexity index is 849. The number of aromatic nitrogens is 1. The van der Waals surface area contributed by atoms with Gasteiger partial charge in [-0.15, -0.1) is 0 Å². The zero-order valence-electron chi connectivity index (χ0n) is 13.9. The fourth-order valence-electron chi connectivity index (χ4n) is 3.28. The van der Waals surface area contributed by atoms with Gasteiger partial charge in [0.05, 0.1) is 18.9 Å². The van der Waals surface area contributed by atoms with Crippen molar-refractivity contribution in [3.63, 3.8) is 0 Å². The molecule has 0 unspecified atom stereocenters. The smallest absolute Gasteiger partial charge is 0.273 e. The number of hydrogen-bond acceptors (Lipinski definition) is 4. The van der Waals surface area contributed by atoms with Gasteiger partial charge in [-0.1, -0.05) is 24.3 Å². The minimum Gasteiger partial charge on any atom is -0.467 e. The van der Waals surface area contributed by atoms with Crippen molar-refractivity contribution < 1.29 is 13.9 Å². The molecule has 1 amide bonds. The molecule has 1 aromatic carbocycles. The highest BCUT2D eigenvalue weighted by Gasteiger charge is 2.26. The van der Waals surface area contributed by atoms with Crippen molar-refractivity contribution in [2.24, 2.45) is 0 Å². The molecule has 0 spiro atoms. The maximum Gasteiger partial charge on any atom is 0.273 e. The van der Waals surface area contributed by atoms with Crippen LogP contribution in [0.4, 0.5) is 0 Å². The number of fused-ring (bicyclic) bond motifs is 1. The average Bonchev–Trinajstić information content (AvgIpc) is 3.34. The van der Waals surface area contributed by atoms with E-state index in [1.807, 2.05) is 42.5 Å². The summed E-state index contributed by atoms with van der Waals surface area (Å²) in [6.45, 7) is 1.72. The number of hydrogen-bond donors (Lipinski definition) is 0. The van der Waals surface area contributed by atoms with Crippen LogP contribution in [0.1, 0.15) is 29.1 Å². The topological polar surface area (TPSA) is 55.6 Å². The summed E-state index contributed by atoms with van der Waals surface area (Å²) in [7, 11) is 0. The van der Waals surface area contributed by atoms with E-state index >= 15 is 0 Å². The van der Waals surface area contributed by atoms with E-state index in [1.165, 1.54) is 0 Å². The lowest BCUT2D eigenvalue weighted by molar-refractivity contribution is 0.0489. The van der Waals surface area contributed by atoms with Gasteiger partial charge in [0.25, 0.3) is 5.91 Å². The highest BCUT2D eigenvalue weighted by atomic mass is 16.5. The number of furan rings is 1. The second-order valence-electron chi connectivity index (χ2n) is 6.28. The highest BCUT2D eigenvalue weighted by molar-refractivity contribution is 6.05. The van der Waals surface area contributed by atoms with E-state index < -0.39 is 0 Å². The molecule has 0 aliphatic carbocycles. The Hall–Kier alpha value is -2.66. The lowest BCUT2D eigenvalue weighted by atomic mass is 10.1. The van der Waals surface area contributed by atoms with E-state index in [0.717, 1.165) is 36.0 Å². The monoisotopic (exact) mass is 336 g/mol. The van der Waals surface area contributed by atoms with Crippen LogP contribution >= 0.6 is 0 Å². The molecule has 3 heterocycles. The predicted octanol–water partition coefficient (Wildman–Crippen LogP) is 3.65. The highest BCUT2D eigenvalue weighted by Crippen LogP contribution is 2.21. The SMILES string of the molecule is O=C(c1nccc2ccccc12)N(Cc1ccco1)C[C@@H]1CCCO1. The van der Waals surface area contributed by atoms with Gasteiger partial charge in [0, 0.05) is 24.7 Å². The molecule has 1 aliphatic heterocycles. The number of carbonyl (C=O) groups is 1. The van der Waals surface area contributed by atoms with Crippen molar-refractivity contribution in [1.82, 2.24) is 9.88 Å². The van der Waals surface area contributed by atoms with E-state index in [9.17, 15) is 4.79 Å². The van der Waals surface area contributed by atoms with Crippen molar-refractivity contribution in [1.29, 1.82) is 0 Å². The number of benzene rings is 1. The summed E-state index contributed by atoms with van der Waals surface area (Å²) in [5.74, 6) is 0.662. The second-order valence-corrected chi connectivity index (χ2v) is 6.28. The third-order valence-corrected chi connectivity index (χ3v) is 4.54. The number of pyridine rings is 1. The Kier molecular flexibility index (Phi) is 4.48. The van der Waals surface area contributed by atoms with E-state index in [-0.39, 0.29) is 12.0 Å². The molecule has 0 N–H and O–H groups in total. The second kappa shape index (κ2) is 7.07. The summed E-state index contributed by atoms with van der Waals surface area (Å²) < 4.78 is 11.2. The number of ether oxygens (including phenoxy) is 1. The average molecular weight is 336 g/mol. The third kappa shape index (κ3) is 3.42. The molecule has 4 rings (SSSR count). The number of carbonyl (C=O) groups excluding carboxylic acids is 1. The molecular formula is C20H20N2O3. The standard InChI is InChI=1S/C20H20N2O3/c23-20(19-18-8-2-1-5-15(18)9-10-21-19)22(13-16-6-3-11-24-16)14-17-7-4-12-25-17/h1-3,5-6,8-11,17H,4,7,12-14H2/t17-/m0/s1. The van der Waals surface area contributed by atoms with E-state index in [4.69, 9.17) is 9.15 Å². The molecule has 0 bridgehead atoms. The van der Waals surface area contributed by atoms with Crippen LogP contribution in [0.25, 0.3) is 10.8 Å². The maximum atomic E-state index is 13.2. The van der Waals surface area contributed by atoms with Crippen LogP contribution in [0.2, 0.25) is 0 Å². The van der Waals surface area contributed by atoms with Crippen molar-refractivity contribution in [3.8, 4) is 0 Å². The van der Waals surface area contributed by atoms with Gasteiger partial charge in [0.15, 0.2) is 0 Å². The van der Waals surface area contributed by atoms with Crippen LogP contribution in [0.15, 0.2) is 59.3 Å². The van der Waals surface area contributed by atoms with Gasteiger partial charge < -0.3 is 14.1 Å². The quantitative estimate of drug-likeness (QED) is 0.714. The minimum absolute atomic E-state index is 0.0777. The fraction of sp³-hybridized carbons (Fsp3) is 0.300. The largest absolute Gasteiger partial charge is 0.467 e. The Morgan fingerprint density at radius 3 is 2.92 bits per heavy atom. The Balaban J connectivity index is 1.65. The first-order valence-corrected chi connectivity index (χ1v) is 8.58. The summed E-state index contributed by atoms with van der Waals surface area (Å²) in [5.41, 5.74) is 0.475. The number of nitrogens with zero attached hydrogens (tertiary/aromatic N) is 2. The summed E-state index contributed by atoms with van der Waals surface area (Å²) in [6, 6.07) is 13.5. The molecule has 1 fully saturated rings. The molecule has 25 heavy (non-hydrogen) atoms. The van der Waals surface area contributed by atoms with Crippen molar-refractivity contribution in [2.75, 3.05) is 13.2 Å².